The Kier molecular flexibility index (Phi) is 3.25. The topological polar surface area (TPSA) is 12.0 Å². The van der Waals surface area contributed by atoms with E-state index in [9.17, 15) is 0 Å². The molecule has 0 saturated heterocycles. The molecule has 0 spiro atoms. The minimum Gasteiger partial charge on any atom is -0.310 e. The highest BCUT2D eigenvalue weighted by atomic mass is 32.1. The van der Waals surface area contributed by atoms with Gasteiger partial charge in [0.2, 0.25) is 0 Å². The van der Waals surface area contributed by atoms with Crippen molar-refractivity contribution >= 4 is 11.3 Å². The molecule has 88 valence electrons. The van der Waals surface area contributed by atoms with E-state index in [1.165, 1.54) is 28.8 Å². The van der Waals surface area contributed by atoms with Crippen molar-refractivity contribution in [3.8, 4) is 0 Å². The fourth-order valence-corrected chi connectivity index (χ4v) is 3.30. The Morgan fingerprint density at radius 3 is 3.00 bits per heavy atom. The van der Waals surface area contributed by atoms with Crippen molar-refractivity contribution in [3.63, 3.8) is 0 Å². The van der Waals surface area contributed by atoms with Crippen LogP contribution in [0.1, 0.15) is 28.5 Å². The Morgan fingerprint density at radius 1 is 1.18 bits per heavy atom. The Balaban J connectivity index is 1.57. The molecular formula is C15H17NS. The summed E-state index contributed by atoms with van der Waals surface area (Å²) in [6.45, 7) is 1.08. The predicted molar refractivity (Wildman–Crippen MR) is 73.5 cm³/mol. The average Bonchev–Trinajstić information content (AvgIpc) is 2.99. The first-order valence-corrected chi connectivity index (χ1v) is 7.15. The van der Waals surface area contributed by atoms with Crippen LogP contribution in [0.25, 0.3) is 0 Å². The van der Waals surface area contributed by atoms with Gasteiger partial charge < -0.3 is 5.32 Å². The SMILES string of the molecule is c1csc(CCNC2CCc3ccccc32)c1. The van der Waals surface area contributed by atoms with E-state index in [2.05, 4.69) is 47.1 Å². The summed E-state index contributed by atoms with van der Waals surface area (Å²) in [6.07, 6.45) is 3.63. The summed E-state index contributed by atoms with van der Waals surface area (Å²) >= 11 is 1.85. The summed E-state index contributed by atoms with van der Waals surface area (Å²) in [5.41, 5.74) is 3.04. The zero-order chi connectivity index (χ0) is 11.5. The van der Waals surface area contributed by atoms with Gasteiger partial charge in [0.15, 0.2) is 0 Å². The number of aryl methyl sites for hydroxylation is 1. The predicted octanol–water partition coefficient (Wildman–Crippen LogP) is 3.57. The average molecular weight is 243 g/mol. The van der Waals surface area contributed by atoms with Crippen molar-refractivity contribution in [1.82, 2.24) is 5.32 Å². The smallest absolute Gasteiger partial charge is 0.0326 e. The number of fused-ring (bicyclic) bond motifs is 1. The zero-order valence-electron chi connectivity index (χ0n) is 9.86. The third-order valence-corrected chi connectivity index (χ3v) is 4.41. The van der Waals surface area contributed by atoms with Gasteiger partial charge in [0.05, 0.1) is 0 Å². The molecule has 3 rings (SSSR count). The maximum absolute atomic E-state index is 3.68. The van der Waals surface area contributed by atoms with Crippen LogP contribution in [-0.4, -0.2) is 6.54 Å². The van der Waals surface area contributed by atoms with E-state index in [1.807, 2.05) is 11.3 Å². The number of rotatable bonds is 4. The van der Waals surface area contributed by atoms with Crippen molar-refractivity contribution in [2.45, 2.75) is 25.3 Å². The standard InChI is InChI=1S/C15H17NS/c1-2-6-14-12(4-1)7-8-15(14)16-10-9-13-5-3-11-17-13/h1-6,11,15-16H,7-10H2. The van der Waals surface area contributed by atoms with E-state index >= 15 is 0 Å². The number of nitrogens with one attached hydrogen (secondary N) is 1. The van der Waals surface area contributed by atoms with Crippen LogP contribution in [0.3, 0.4) is 0 Å². The molecule has 0 aliphatic heterocycles. The van der Waals surface area contributed by atoms with Crippen LogP contribution in [0.2, 0.25) is 0 Å². The van der Waals surface area contributed by atoms with Crippen LogP contribution in [0.4, 0.5) is 0 Å². The molecular weight excluding hydrogens is 226 g/mol. The van der Waals surface area contributed by atoms with Gasteiger partial charge in [-0.25, -0.2) is 0 Å². The minimum atomic E-state index is 0.575. The maximum atomic E-state index is 3.68. The first-order valence-electron chi connectivity index (χ1n) is 6.27. The van der Waals surface area contributed by atoms with Gasteiger partial charge >= 0.3 is 0 Å². The van der Waals surface area contributed by atoms with Gasteiger partial charge in [-0.2, -0.15) is 0 Å². The molecule has 1 heterocycles. The molecule has 0 amide bonds. The summed E-state index contributed by atoms with van der Waals surface area (Å²) in [5.74, 6) is 0. The molecule has 0 saturated carbocycles. The summed E-state index contributed by atoms with van der Waals surface area (Å²) < 4.78 is 0. The van der Waals surface area contributed by atoms with Crippen molar-refractivity contribution < 1.29 is 0 Å². The lowest BCUT2D eigenvalue weighted by atomic mass is 10.1. The van der Waals surface area contributed by atoms with Gasteiger partial charge in [0, 0.05) is 17.5 Å². The highest BCUT2D eigenvalue weighted by Crippen LogP contribution is 2.30. The summed E-state index contributed by atoms with van der Waals surface area (Å²) in [4.78, 5) is 1.48. The second kappa shape index (κ2) is 5.03. The lowest BCUT2D eigenvalue weighted by molar-refractivity contribution is 0.535. The van der Waals surface area contributed by atoms with Gasteiger partial charge in [-0.3, -0.25) is 0 Å². The van der Waals surface area contributed by atoms with Gasteiger partial charge in [-0.1, -0.05) is 30.3 Å². The minimum absolute atomic E-state index is 0.575. The quantitative estimate of drug-likeness (QED) is 0.865. The first-order chi connectivity index (χ1) is 8.43. The zero-order valence-corrected chi connectivity index (χ0v) is 10.7. The molecule has 0 fully saturated rings. The number of thiophene rings is 1. The molecule has 1 atom stereocenters. The second-order valence-corrected chi connectivity index (χ2v) is 5.61. The molecule has 1 aliphatic rings. The third-order valence-electron chi connectivity index (χ3n) is 3.48. The van der Waals surface area contributed by atoms with E-state index < -0.39 is 0 Å². The van der Waals surface area contributed by atoms with Crippen molar-refractivity contribution in [2.75, 3.05) is 6.54 Å². The molecule has 2 heteroatoms. The summed E-state index contributed by atoms with van der Waals surface area (Å²) in [7, 11) is 0. The van der Waals surface area contributed by atoms with Crippen LogP contribution in [-0.2, 0) is 12.8 Å². The normalized spacial score (nSPS) is 18.2. The number of benzene rings is 1. The van der Waals surface area contributed by atoms with Crippen LogP contribution < -0.4 is 5.32 Å². The highest BCUT2D eigenvalue weighted by molar-refractivity contribution is 7.09. The van der Waals surface area contributed by atoms with Gasteiger partial charge in [-0.15, -0.1) is 11.3 Å². The fourth-order valence-electron chi connectivity index (χ4n) is 2.59. The van der Waals surface area contributed by atoms with Crippen molar-refractivity contribution in [3.05, 3.63) is 57.8 Å². The van der Waals surface area contributed by atoms with Gasteiger partial charge in [0.1, 0.15) is 0 Å². The molecule has 1 aromatic carbocycles. The van der Waals surface area contributed by atoms with E-state index in [-0.39, 0.29) is 0 Å². The Labute approximate surface area is 106 Å². The Hall–Kier alpha value is -1.12. The van der Waals surface area contributed by atoms with Gasteiger partial charge in [0.25, 0.3) is 0 Å². The molecule has 0 radical (unpaired) electrons. The van der Waals surface area contributed by atoms with E-state index in [0.717, 1.165) is 13.0 Å². The summed E-state index contributed by atoms with van der Waals surface area (Å²) in [5, 5.41) is 5.84. The fraction of sp³-hybridized carbons (Fsp3) is 0.333. The molecule has 17 heavy (non-hydrogen) atoms. The third kappa shape index (κ3) is 2.43. The first kappa shape index (κ1) is 11.0. The molecule has 1 aliphatic carbocycles. The van der Waals surface area contributed by atoms with Gasteiger partial charge in [-0.05, 0) is 41.8 Å². The van der Waals surface area contributed by atoms with Crippen molar-refractivity contribution in [2.24, 2.45) is 0 Å². The summed E-state index contributed by atoms with van der Waals surface area (Å²) in [6, 6.07) is 13.7. The number of hydrogen-bond acceptors (Lipinski definition) is 2. The molecule has 1 nitrogen and oxygen atoms in total. The van der Waals surface area contributed by atoms with Crippen LogP contribution in [0, 0.1) is 0 Å². The van der Waals surface area contributed by atoms with Crippen LogP contribution in [0.15, 0.2) is 41.8 Å². The lowest BCUT2D eigenvalue weighted by Crippen LogP contribution is -2.21. The largest absolute Gasteiger partial charge is 0.310 e. The van der Waals surface area contributed by atoms with E-state index in [4.69, 9.17) is 0 Å². The molecule has 0 bridgehead atoms. The molecule has 1 N–H and O–H groups in total. The monoisotopic (exact) mass is 243 g/mol. The molecule has 2 aromatic rings. The van der Waals surface area contributed by atoms with Crippen molar-refractivity contribution in [1.29, 1.82) is 0 Å². The Bertz CT molecular complexity index is 475. The maximum Gasteiger partial charge on any atom is 0.0326 e. The molecule has 1 aromatic heterocycles. The highest BCUT2D eigenvalue weighted by Gasteiger charge is 2.20. The lowest BCUT2D eigenvalue weighted by Gasteiger charge is -2.13. The van der Waals surface area contributed by atoms with E-state index in [0.29, 0.717) is 6.04 Å². The van der Waals surface area contributed by atoms with Crippen LogP contribution in [0.5, 0.6) is 0 Å². The number of hydrogen-bond donors (Lipinski definition) is 1. The Morgan fingerprint density at radius 2 is 2.12 bits per heavy atom. The van der Waals surface area contributed by atoms with E-state index in [1.54, 1.807) is 0 Å². The van der Waals surface area contributed by atoms with Crippen LogP contribution >= 0.6 is 11.3 Å². The molecule has 1 unspecified atom stereocenters. The second-order valence-electron chi connectivity index (χ2n) is 4.57.